The Morgan fingerprint density at radius 2 is 1.90 bits per heavy atom. The Bertz CT molecular complexity index is 89.6. The first-order chi connectivity index (χ1) is 4.79. The molecule has 1 aliphatic heterocycles. The van der Waals surface area contributed by atoms with E-state index in [4.69, 9.17) is 9.47 Å². The van der Waals surface area contributed by atoms with Crippen molar-refractivity contribution in [2.45, 2.75) is 12.7 Å². The molecule has 3 nitrogen and oxygen atoms in total. The number of ether oxygens (including phenoxy) is 2. The number of nitrogens with zero attached hydrogens (tertiary/aromatic N) is 1. The van der Waals surface area contributed by atoms with Crippen molar-refractivity contribution >= 4 is 0 Å². The zero-order valence-electron chi connectivity index (χ0n) is 6.67. The molecule has 0 bridgehead atoms. The number of rotatable bonds is 2. The molecular formula is C7H15NO2. The van der Waals surface area contributed by atoms with E-state index >= 15 is 0 Å². The van der Waals surface area contributed by atoms with Crippen LogP contribution in [0.1, 0.15) is 6.42 Å². The molecule has 1 fully saturated rings. The van der Waals surface area contributed by atoms with Crippen LogP contribution in [-0.4, -0.2) is 45.0 Å². The maximum absolute atomic E-state index is 5.32. The minimum Gasteiger partial charge on any atom is -0.351 e. The molecule has 10 heavy (non-hydrogen) atoms. The van der Waals surface area contributed by atoms with Gasteiger partial charge in [0, 0.05) is 6.54 Å². The Balaban J connectivity index is 2.13. The molecule has 60 valence electrons. The fourth-order valence-corrected chi connectivity index (χ4v) is 0.940. The summed E-state index contributed by atoms with van der Waals surface area (Å²) in [6.07, 6.45) is 1.04. The summed E-state index contributed by atoms with van der Waals surface area (Å²) in [5.74, 6) is 0. The Hall–Kier alpha value is -0.120. The third kappa shape index (κ3) is 2.64. The predicted molar refractivity (Wildman–Crippen MR) is 38.9 cm³/mol. The van der Waals surface area contributed by atoms with E-state index in [1.54, 1.807) is 0 Å². The smallest absolute Gasteiger partial charge is 0.170 e. The van der Waals surface area contributed by atoms with Crippen LogP contribution in [0.3, 0.4) is 0 Å². The monoisotopic (exact) mass is 145 g/mol. The van der Waals surface area contributed by atoms with Gasteiger partial charge < -0.3 is 14.4 Å². The molecule has 1 heterocycles. The van der Waals surface area contributed by atoms with Crippen LogP contribution < -0.4 is 0 Å². The molecule has 0 unspecified atom stereocenters. The van der Waals surface area contributed by atoms with Crippen molar-refractivity contribution in [2.75, 3.05) is 33.9 Å². The van der Waals surface area contributed by atoms with Gasteiger partial charge in [0.2, 0.25) is 0 Å². The van der Waals surface area contributed by atoms with Crippen LogP contribution in [0, 0.1) is 0 Å². The number of likely N-dealkylation sites (N-methyl/N-ethyl adjacent to an activating group) is 1. The average molecular weight is 145 g/mol. The van der Waals surface area contributed by atoms with Gasteiger partial charge in [0.1, 0.15) is 0 Å². The lowest BCUT2D eigenvalue weighted by atomic mass is 10.4. The lowest BCUT2D eigenvalue weighted by Gasteiger charge is -2.25. The second kappa shape index (κ2) is 3.91. The quantitative estimate of drug-likeness (QED) is 0.558. The highest BCUT2D eigenvalue weighted by Crippen LogP contribution is 2.04. The molecule has 0 aliphatic carbocycles. The van der Waals surface area contributed by atoms with Crippen molar-refractivity contribution in [3.8, 4) is 0 Å². The summed E-state index contributed by atoms with van der Waals surface area (Å²) in [4.78, 5) is 2.07. The minimum atomic E-state index is 0.00347. The van der Waals surface area contributed by atoms with Gasteiger partial charge in [0.05, 0.1) is 13.2 Å². The normalized spacial score (nSPS) is 21.9. The van der Waals surface area contributed by atoms with Gasteiger partial charge >= 0.3 is 0 Å². The summed E-state index contributed by atoms with van der Waals surface area (Å²) in [7, 11) is 4.03. The third-order valence-corrected chi connectivity index (χ3v) is 1.41. The maximum Gasteiger partial charge on any atom is 0.170 e. The van der Waals surface area contributed by atoms with E-state index in [0.717, 1.165) is 26.2 Å². The van der Waals surface area contributed by atoms with Crippen molar-refractivity contribution < 1.29 is 9.47 Å². The van der Waals surface area contributed by atoms with E-state index in [9.17, 15) is 0 Å². The van der Waals surface area contributed by atoms with Gasteiger partial charge in [-0.15, -0.1) is 0 Å². The number of hydrogen-bond acceptors (Lipinski definition) is 3. The molecule has 0 amide bonds. The fourth-order valence-electron chi connectivity index (χ4n) is 0.940. The summed E-state index contributed by atoms with van der Waals surface area (Å²) in [6, 6.07) is 0. The van der Waals surface area contributed by atoms with Crippen LogP contribution in [0.25, 0.3) is 0 Å². The lowest BCUT2D eigenvalue weighted by molar-refractivity contribution is -0.183. The van der Waals surface area contributed by atoms with Gasteiger partial charge in [-0.1, -0.05) is 0 Å². The third-order valence-electron chi connectivity index (χ3n) is 1.41. The standard InChI is InChI=1S/C7H15NO2/c1-8(2)6-7-9-4-3-5-10-7/h7H,3-6H2,1-2H3. The van der Waals surface area contributed by atoms with Crippen molar-refractivity contribution in [1.29, 1.82) is 0 Å². The van der Waals surface area contributed by atoms with Gasteiger partial charge in [-0.2, -0.15) is 0 Å². The molecule has 0 radical (unpaired) electrons. The first kappa shape index (κ1) is 7.98. The van der Waals surface area contributed by atoms with Gasteiger partial charge in [0.15, 0.2) is 6.29 Å². The van der Waals surface area contributed by atoms with E-state index in [1.807, 2.05) is 14.1 Å². The molecule has 0 saturated carbocycles. The molecule has 0 aromatic carbocycles. The second-order valence-electron chi connectivity index (χ2n) is 2.79. The molecule has 3 heteroatoms. The largest absolute Gasteiger partial charge is 0.351 e. The van der Waals surface area contributed by atoms with Crippen LogP contribution in [0.4, 0.5) is 0 Å². The minimum absolute atomic E-state index is 0.00347. The van der Waals surface area contributed by atoms with Crippen LogP contribution in [0.15, 0.2) is 0 Å². The summed E-state index contributed by atoms with van der Waals surface area (Å²) in [5, 5.41) is 0. The highest BCUT2D eigenvalue weighted by Gasteiger charge is 2.13. The Morgan fingerprint density at radius 3 is 2.40 bits per heavy atom. The SMILES string of the molecule is CN(C)CC1OCCCO1. The zero-order chi connectivity index (χ0) is 7.40. The van der Waals surface area contributed by atoms with Crippen molar-refractivity contribution in [1.82, 2.24) is 4.90 Å². The highest BCUT2D eigenvalue weighted by molar-refractivity contribution is 4.53. The Morgan fingerprint density at radius 1 is 1.30 bits per heavy atom. The van der Waals surface area contributed by atoms with Crippen molar-refractivity contribution in [3.05, 3.63) is 0 Å². The average Bonchev–Trinajstić information content (AvgIpc) is 1.88. The second-order valence-corrected chi connectivity index (χ2v) is 2.79. The topological polar surface area (TPSA) is 21.7 Å². The van der Waals surface area contributed by atoms with Gasteiger partial charge in [0.25, 0.3) is 0 Å². The van der Waals surface area contributed by atoms with Crippen molar-refractivity contribution in [2.24, 2.45) is 0 Å². The number of hydrogen-bond donors (Lipinski definition) is 0. The maximum atomic E-state index is 5.32. The molecule has 1 aliphatic rings. The molecule has 0 aromatic rings. The van der Waals surface area contributed by atoms with E-state index in [1.165, 1.54) is 0 Å². The Labute approximate surface area is 61.9 Å². The molecule has 1 saturated heterocycles. The van der Waals surface area contributed by atoms with Crippen LogP contribution >= 0.6 is 0 Å². The first-order valence-electron chi connectivity index (χ1n) is 3.67. The lowest BCUT2D eigenvalue weighted by Crippen LogP contribution is -2.34. The van der Waals surface area contributed by atoms with E-state index in [2.05, 4.69) is 4.90 Å². The highest BCUT2D eigenvalue weighted by atomic mass is 16.7. The van der Waals surface area contributed by atoms with E-state index in [0.29, 0.717) is 0 Å². The van der Waals surface area contributed by atoms with E-state index in [-0.39, 0.29) is 6.29 Å². The molecule has 0 N–H and O–H groups in total. The summed E-state index contributed by atoms with van der Waals surface area (Å²) in [6.45, 7) is 2.55. The molecule has 0 atom stereocenters. The fraction of sp³-hybridized carbons (Fsp3) is 1.00. The molecule has 0 aromatic heterocycles. The van der Waals surface area contributed by atoms with Crippen LogP contribution in [0.5, 0.6) is 0 Å². The van der Waals surface area contributed by atoms with Gasteiger partial charge in [-0.05, 0) is 20.5 Å². The van der Waals surface area contributed by atoms with Crippen molar-refractivity contribution in [3.63, 3.8) is 0 Å². The molecule has 1 rings (SSSR count). The summed E-state index contributed by atoms with van der Waals surface area (Å²) < 4.78 is 10.6. The van der Waals surface area contributed by atoms with Gasteiger partial charge in [-0.25, -0.2) is 0 Å². The van der Waals surface area contributed by atoms with Crippen LogP contribution in [-0.2, 0) is 9.47 Å². The Kier molecular flexibility index (Phi) is 3.12. The first-order valence-corrected chi connectivity index (χ1v) is 3.67. The van der Waals surface area contributed by atoms with Gasteiger partial charge in [-0.3, -0.25) is 0 Å². The zero-order valence-corrected chi connectivity index (χ0v) is 6.67. The van der Waals surface area contributed by atoms with Crippen LogP contribution in [0.2, 0.25) is 0 Å². The molecular weight excluding hydrogens is 130 g/mol. The predicted octanol–water partition coefficient (Wildman–Crippen LogP) is 0.311. The van der Waals surface area contributed by atoms with E-state index < -0.39 is 0 Å². The summed E-state index contributed by atoms with van der Waals surface area (Å²) in [5.41, 5.74) is 0. The summed E-state index contributed by atoms with van der Waals surface area (Å²) >= 11 is 0. The molecule has 0 spiro atoms.